The number of hydrogen-bond acceptors (Lipinski definition) is 5. The lowest BCUT2D eigenvalue weighted by molar-refractivity contribution is -0.132. The summed E-state index contributed by atoms with van der Waals surface area (Å²) in [5.74, 6) is 0.704. The molecule has 1 aliphatic rings. The monoisotopic (exact) mass is 398 g/mol. The van der Waals surface area contributed by atoms with Gasteiger partial charge in [-0.2, -0.15) is 10.1 Å². The molecule has 1 aliphatic heterocycles. The van der Waals surface area contributed by atoms with Crippen molar-refractivity contribution < 1.29 is 4.79 Å². The smallest absolute Gasteiger partial charge is 0.252 e. The molecule has 0 atom stereocenters. The van der Waals surface area contributed by atoms with Crippen LogP contribution in [0.15, 0.2) is 30.6 Å². The summed E-state index contributed by atoms with van der Waals surface area (Å²) in [5.41, 5.74) is 3.90. The number of halogens is 1. The Hall–Kier alpha value is -2.51. The Morgan fingerprint density at radius 2 is 1.96 bits per heavy atom. The number of benzene rings is 1. The molecule has 28 heavy (non-hydrogen) atoms. The molecule has 7 nitrogen and oxygen atoms in total. The number of aryl methyl sites for hydroxylation is 2. The van der Waals surface area contributed by atoms with Crippen molar-refractivity contribution in [1.29, 1.82) is 0 Å². The zero-order chi connectivity index (χ0) is 19.7. The van der Waals surface area contributed by atoms with Crippen molar-refractivity contribution in [2.24, 2.45) is 0 Å². The molecule has 0 bridgehead atoms. The molecule has 0 saturated carbocycles. The molecule has 0 radical (unpaired) electrons. The highest BCUT2D eigenvalue weighted by Crippen LogP contribution is 2.17. The lowest BCUT2D eigenvalue weighted by Gasteiger charge is -2.35. The van der Waals surface area contributed by atoms with E-state index >= 15 is 0 Å². The first-order valence-corrected chi connectivity index (χ1v) is 9.79. The first kappa shape index (κ1) is 18.8. The minimum atomic E-state index is 0.134. The van der Waals surface area contributed by atoms with Gasteiger partial charge >= 0.3 is 0 Å². The third kappa shape index (κ3) is 3.86. The quantitative estimate of drug-likeness (QED) is 0.674. The number of piperazine rings is 1. The predicted molar refractivity (Wildman–Crippen MR) is 107 cm³/mol. The van der Waals surface area contributed by atoms with Gasteiger partial charge in [0.05, 0.1) is 6.42 Å². The van der Waals surface area contributed by atoms with Crippen LogP contribution in [0, 0.1) is 13.8 Å². The van der Waals surface area contributed by atoms with Gasteiger partial charge in [0.15, 0.2) is 0 Å². The molecular formula is C20H23ClN6O. The van der Waals surface area contributed by atoms with E-state index in [4.69, 9.17) is 11.6 Å². The second kappa shape index (κ2) is 7.85. The van der Waals surface area contributed by atoms with Crippen LogP contribution >= 0.6 is 11.6 Å². The molecular weight excluding hydrogens is 376 g/mol. The van der Waals surface area contributed by atoms with Crippen molar-refractivity contribution in [3.8, 4) is 0 Å². The van der Waals surface area contributed by atoms with Gasteiger partial charge < -0.3 is 4.90 Å². The highest BCUT2D eigenvalue weighted by Gasteiger charge is 2.23. The van der Waals surface area contributed by atoms with Gasteiger partial charge in [-0.1, -0.05) is 23.7 Å². The third-order valence-corrected chi connectivity index (χ3v) is 5.57. The fourth-order valence-electron chi connectivity index (χ4n) is 3.72. The second-order valence-corrected chi connectivity index (χ2v) is 7.63. The van der Waals surface area contributed by atoms with Gasteiger partial charge in [0.25, 0.3) is 5.78 Å². The van der Waals surface area contributed by atoms with Crippen LogP contribution in [0.25, 0.3) is 5.78 Å². The average molecular weight is 399 g/mol. The molecule has 3 aromatic rings. The lowest BCUT2D eigenvalue weighted by atomic mass is 10.1. The van der Waals surface area contributed by atoms with E-state index in [2.05, 4.69) is 26.0 Å². The molecule has 1 aromatic carbocycles. The van der Waals surface area contributed by atoms with Gasteiger partial charge in [0.1, 0.15) is 6.33 Å². The Bertz CT molecular complexity index is 1010. The molecule has 4 rings (SSSR count). The molecule has 1 saturated heterocycles. The van der Waals surface area contributed by atoms with Gasteiger partial charge in [0, 0.05) is 54.7 Å². The van der Waals surface area contributed by atoms with Crippen LogP contribution < -0.4 is 0 Å². The molecule has 0 spiro atoms. The number of nitrogens with zero attached hydrogens (tertiary/aromatic N) is 6. The lowest BCUT2D eigenvalue weighted by Crippen LogP contribution is -2.48. The van der Waals surface area contributed by atoms with Crippen LogP contribution in [0.2, 0.25) is 5.02 Å². The molecule has 146 valence electrons. The molecule has 0 aliphatic carbocycles. The van der Waals surface area contributed by atoms with Crippen molar-refractivity contribution in [3.05, 3.63) is 58.1 Å². The van der Waals surface area contributed by atoms with E-state index < -0.39 is 0 Å². The Morgan fingerprint density at radius 1 is 1.18 bits per heavy atom. The molecule has 2 aromatic heterocycles. The summed E-state index contributed by atoms with van der Waals surface area (Å²) >= 11 is 6.07. The Balaban J connectivity index is 1.38. The summed E-state index contributed by atoms with van der Waals surface area (Å²) in [6.07, 6.45) is 1.83. The fraction of sp³-hybridized carbons (Fsp3) is 0.400. The standard InChI is InChI=1S/C20H23ClN6O/c1-14-18(15(2)27-20(24-14)22-13-23-27)11-19(28)26-8-6-25(7-9-26)12-16-4-3-5-17(21)10-16/h3-5,10,13H,6-9,11-12H2,1-2H3. The minimum absolute atomic E-state index is 0.134. The molecule has 0 N–H and O–H groups in total. The summed E-state index contributed by atoms with van der Waals surface area (Å²) in [7, 11) is 0. The van der Waals surface area contributed by atoms with Crippen LogP contribution in [0.1, 0.15) is 22.5 Å². The Kier molecular flexibility index (Phi) is 5.28. The first-order valence-electron chi connectivity index (χ1n) is 9.41. The summed E-state index contributed by atoms with van der Waals surface area (Å²) in [6.45, 7) is 7.92. The van der Waals surface area contributed by atoms with Crippen molar-refractivity contribution in [2.75, 3.05) is 26.2 Å². The minimum Gasteiger partial charge on any atom is -0.340 e. The summed E-state index contributed by atoms with van der Waals surface area (Å²) in [6, 6.07) is 7.94. The van der Waals surface area contributed by atoms with Crippen molar-refractivity contribution in [3.63, 3.8) is 0 Å². The highest BCUT2D eigenvalue weighted by molar-refractivity contribution is 6.30. The zero-order valence-corrected chi connectivity index (χ0v) is 16.9. The van der Waals surface area contributed by atoms with Crippen LogP contribution in [-0.2, 0) is 17.8 Å². The van der Waals surface area contributed by atoms with E-state index in [0.29, 0.717) is 12.2 Å². The number of amides is 1. The number of aromatic nitrogens is 4. The summed E-state index contributed by atoms with van der Waals surface area (Å²) < 4.78 is 1.69. The number of carbonyl (C=O) groups excluding carboxylic acids is 1. The predicted octanol–water partition coefficient (Wildman–Crippen LogP) is 2.28. The van der Waals surface area contributed by atoms with Gasteiger partial charge in [-0.25, -0.2) is 9.50 Å². The van der Waals surface area contributed by atoms with Crippen LogP contribution in [0.4, 0.5) is 0 Å². The topological polar surface area (TPSA) is 66.6 Å². The normalized spacial score (nSPS) is 15.3. The Morgan fingerprint density at radius 3 is 2.71 bits per heavy atom. The van der Waals surface area contributed by atoms with Crippen LogP contribution in [-0.4, -0.2) is 61.5 Å². The van der Waals surface area contributed by atoms with Crippen molar-refractivity contribution in [2.45, 2.75) is 26.8 Å². The number of carbonyl (C=O) groups is 1. The largest absolute Gasteiger partial charge is 0.340 e. The molecule has 1 fully saturated rings. The molecule has 8 heteroatoms. The number of fused-ring (bicyclic) bond motifs is 1. The second-order valence-electron chi connectivity index (χ2n) is 7.20. The molecule has 1 amide bonds. The van der Waals surface area contributed by atoms with Crippen molar-refractivity contribution >= 4 is 23.3 Å². The Labute approximate surface area is 168 Å². The van der Waals surface area contributed by atoms with E-state index in [1.165, 1.54) is 11.9 Å². The van der Waals surface area contributed by atoms with Gasteiger partial charge in [-0.05, 0) is 31.5 Å². The van der Waals surface area contributed by atoms with E-state index in [-0.39, 0.29) is 5.91 Å². The first-order chi connectivity index (χ1) is 13.5. The zero-order valence-electron chi connectivity index (χ0n) is 16.1. The summed E-state index contributed by atoms with van der Waals surface area (Å²) in [4.78, 5) is 25.8. The van der Waals surface area contributed by atoms with E-state index in [0.717, 1.165) is 54.7 Å². The average Bonchev–Trinajstić information content (AvgIpc) is 3.14. The summed E-state index contributed by atoms with van der Waals surface area (Å²) in [5, 5.41) is 4.96. The maximum Gasteiger partial charge on any atom is 0.252 e. The van der Waals surface area contributed by atoms with Crippen LogP contribution in [0.5, 0.6) is 0 Å². The number of rotatable bonds is 4. The van der Waals surface area contributed by atoms with Gasteiger partial charge in [-0.3, -0.25) is 9.69 Å². The van der Waals surface area contributed by atoms with E-state index in [9.17, 15) is 4.79 Å². The molecule has 3 heterocycles. The molecule has 0 unspecified atom stereocenters. The maximum atomic E-state index is 12.9. The van der Waals surface area contributed by atoms with Gasteiger partial charge in [-0.15, -0.1) is 0 Å². The van der Waals surface area contributed by atoms with Crippen molar-refractivity contribution in [1.82, 2.24) is 29.4 Å². The highest BCUT2D eigenvalue weighted by atomic mass is 35.5. The maximum absolute atomic E-state index is 12.9. The SMILES string of the molecule is Cc1nc2ncnn2c(C)c1CC(=O)N1CCN(Cc2cccc(Cl)c2)CC1. The van der Waals surface area contributed by atoms with Crippen LogP contribution in [0.3, 0.4) is 0 Å². The van der Waals surface area contributed by atoms with E-state index in [1.807, 2.05) is 36.9 Å². The van der Waals surface area contributed by atoms with Gasteiger partial charge in [0.2, 0.25) is 5.91 Å². The van der Waals surface area contributed by atoms with E-state index in [1.54, 1.807) is 4.52 Å². The third-order valence-electron chi connectivity index (χ3n) is 5.34. The fourth-order valence-corrected chi connectivity index (χ4v) is 3.94. The number of hydrogen-bond donors (Lipinski definition) is 0.